The first-order chi connectivity index (χ1) is 12.5. The molecular formula is C21H21FN2O2. The Morgan fingerprint density at radius 3 is 2.54 bits per heavy atom. The second kappa shape index (κ2) is 7.52. The van der Waals surface area contributed by atoms with Gasteiger partial charge in [0, 0.05) is 13.1 Å². The summed E-state index contributed by atoms with van der Waals surface area (Å²) in [6, 6.07) is 13.2. The predicted octanol–water partition coefficient (Wildman–Crippen LogP) is 3.97. The molecule has 1 heterocycles. The van der Waals surface area contributed by atoms with E-state index in [2.05, 4.69) is 5.32 Å². The lowest BCUT2D eigenvalue weighted by Crippen LogP contribution is -2.36. The SMILES string of the molecule is CC(=O)N1C=Cc2ccccc2C1CC(=O)NC(C)c1ccc(F)cc1. The Labute approximate surface area is 152 Å². The molecule has 0 radical (unpaired) electrons. The minimum absolute atomic E-state index is 0.111. The molecule has 0 aliphatic carbocycles. The summed E-state index contributed by atoms with van der Waals surface area (Å²) in [6.07, 6.45) is 3.77. The van der Waals surface area contributed by atoms with Crippen molar-refractivity contribution >= 4 is 17.9 Å². The molecule has 2 aromatic rings. The molecule has 0 spiro atoms. The molecule has 1 aliphatic rings. The highest BCUT2D eigenvalue weighted by atomic mass is 19.1. The molecule has 4 nitrogen and oxygen atoms in total. The van der Waals surface area contributed by atoms with Gasteiger partial charge in [0.2, 0.25) is 11.8 Å². The molecule has 3 rings (SSSR count). The van der Waals surface area contributed by atoms with Crippen LogP contribution in [0, 0.1) is 5.82 Å². The van der Waals surface area contributed by atoms with Crippen LogP contribution >= 0.6 is 0 Å². The van der Waals surface area contributed by atoms with Gasteiger partial charge >= 0.3 is 0 Å². The number of fused-ring (bicyclic) bond motifs is 1. The highest BCUT2D eigenvalue weighted by molar-refractivity contribution is 5.82. The molecule has 0 fully saturated rings. The number of hydrogen-bond donors (Lipinski definition) is 1. The smallest absolute Gasteiger partial charge is 0.223 e. The average molecular weight is 352 g/mol. The van der Waals surface area contributed by atoms with Gasteiger partial charge in [-0.25, -0.2) is 4.39 Å². The lowest BCUT2D eigenvalue weighted by molar-refractivity contribution is -0.130. The molecule has 0 bridgehead atoms. The average Bonchev–Trinajstić information content (AvgIpc) is 2.62. The van der Waals surface area contributed by atoms with Crippen LogP contribution in [-0.2, 0) is 9.59 Å². The number of carbonyl (C=O) groups excluding carboxylic acids is 2. The molecule has 0 saturated carbocycles. The fourth-order valence-electron chi connectivity index (χ4n) is 3.22. The Morgan fingerprint density at radius 1 is 1.15 bits per heavy atom. The maximum Gasteiger partial charge on any atom is 0.223 e. The quantitative estimate of drug-likeness (QED) is 0.905. The largest absolute Gasteiger partial charge is 0.350 e. The predicted molar refractivity (Wildman–Crippen MR) is 98.3 cm³/mol. The van der Waals surface area contributed by atoms with Crippen LogP contribution in [0.2, 0.25) is 0 Å². The molecule has 2 amide bonds. The molecule has 0 saturated heterocycles. The summed E-state index contributed by atoms with van der Waals surface area (Å²) in [5.74, 6) is -0.585. The minimum atomic E-state index is -0.339. The summed E-state index contributed by atoms with van der Waals surface area (Å²) in [4.78, 5) is 26.2. The number of halogens is 1. The van der Waals surface area contributed by atoms with Gasteiger partial charge in [0.15, 0.2) is 0 Å². The molecule has 2 aromatic carbocycles. The van der Waals surface area contributed by atoms with Gasteiger partial charge in [-0.3, -0.25) is 9.59 Å². The van der Waals surface area contributed by atoms with Crippen molar-refractivity contribution in [2.75, 3.05) is 0 Å². The van der Waals surface area contributed by atoms with E-state index in [-0.39, 0.29) is 36.1 Å². The van der Waals surface area contributed by atoms with Crippen LogP contribution in [-0.4, -0.2) is 16.7 Å². The molecule has 2 atom stereocenters. The van der Waals surface area contributed by atoms with Gasteiger partial charge in [0.05, 0.1) is 18.5 Å². The van der Waals surface area contributed by atoms with E-state index in [0.717, 1.165) is 16.7 Å². The van der Waals surface area contributed by atoms with E-state index in [4.69, 9.17) is 0 Å². The van der Waals surface area contributed by atoms with Crippen LogP contribution in [0.25, 0.3) is 6.08 Å². The van der Waals surface area contributed by atoms with Crippen LogP contribution in [0.3, 0.4) is 0 Å². The van der Waals surface area contributed by atoms with E-state index in [9.17, 15) is 14.0 Å². The van der Waals surface area contributed by atoms with Crippen LogP contribution in [0.4, 0.5) is 4.39 Å². The summed E-state index contributed by atoms with van der Waals surface area (Å²) in [5.41, 5.74) is 2.79. The molecule has 0 aromatic heterocycles. The van der Waals surface area contributed by atoms with E-state index in [1.54, 1.807) is 23.2 Å². The fraction of sp³-hybridized carbons (Fsp3) is 0.238. The summed E-state index contributed by atoms with van der Waals surface area (Å²) in [5, 5.41) is 2.93. The van der Waals surface area contributed by atoms with Crippen molar-refractivity contribution in [2.45, 2.75) is 32.4 Å². The maximum atomic E-state index is 13.0. The highest BCUT2D eigenvalue weighted by Gasteiger charge is 2.28. The second-order valence-corrected chi connectivity index (χ2v) is 6.43. The van der Waals surface area contributed by atoms with E-state index in [0.29, 0.717) is 0 Å². The van der Waals surface area contributed by atoms with Crippen molar-refractivity contribution in [3.05, 3.63) is 77.2 Å². The van der Waals surface area contributed by atoms with Crippen molar-refractivity contribution in [2.24, 2.45) is 0 Å². The lowest BCUT2D eigenvalue weighted by Gasteiger charge is -2.32. The lowest BCUT2D eigenvalue weighted by atomic mass is 9.93. The number of amides is 2. The molecule has 1 N–H and O–H groups in total. The van der Waals surface area contributed by atoms with E-state index < -0.39 is 0 Å². The molecule has 134 valence electrons. The standard InChI is InChI=1S/C21H21FN2O2/c1-14(16-7-9-18(22)10-8-16)23-21(26)13-20-19-6-4-3-5-17(19)11-12-24(20)15(2)25/h3-12,14,20H,13H2,1-2H3,(H,23,26). The third-order valence-electron chi connectivity index (χ3n) is 4.60. The summed E-state index contributed by atoms with van der Waals surface area (Å²) < 4.78 is 13.0. The van der Waals surface area contributed by atoms with Gasteiger partial charge in [-0.05, 0) is 41.8 Å². The second-order valence-electron chi connectivity index (χ2n) is 6.43. The van der Waals surface area contributed by atoms with Crippen LogP contribution in [0.15, 0.2) is 54.7 Å². The van der Waals surface area contributed by atoms with Gasteiger partial charge in [0.25, 0.3) is 0 Å². The van der Waals surface area contributed by atoms with Crippen LogP contribution in [0.5, 0.6) is 0 Å². The van der Waals surface area contributed by atoms with E-state index in [1.807, 2.05) is 37.3 Å². The molecule has 1 aliphatic heterocycles. The third kappa shape index (κ3) is 3.82. The van der Waals surface area contributed by atoms with Crippen LogP contribution < -0.4 is 5.32 Å². The zero-order valence-electron chi connectivity index (χ0n) is 14.8. The normalized spacial score (nSPS) is 16.7. The first kappa shape index (κ1) is 17.9. The Morgan fingerprint density at radius 2 is 1.85 bits per heavy atom. The maximum absolute atomic E-state index is 13.0. The third-order valence-corrected chi connectivity index (χ3v) is 4.60. The molecule has 2 unspecified atom stereocenters. The van der Waals surface area contributed by atoms with Gasteiger partial charge in [0.1, 0.15) is 5.82 Å². The number of carbonyl (C=O) groups is 2. The van der Waals surface area contributed by atoms with Gasteiger partial charge in [-0.1, -0.05) is 36.4 Å². The van der Waals surface area contributed by atoms with Crippen molar-refractivity contribution in [3.63, 3.8) is 0 Å². The Bertz CT molecular complexity index is 845. The summed E-state index contributed by atoms with van der Waals surface area (Å²) in [7, 11) is 0. The summed E-state index contributed by atoms with van der Waals surface area (Å²) in [6.45, 7) is 3.34. The Balaban J connectivity index is 1.75. The van der Waals surface area contributed by atoms with E-state index in [1.165, 1.54) is 19.1 Å². The minimum Gasteiger partial charge on any atom is -0.350 e. The van der Waals surface area contributed by atoms with Gasteiger partial charge in [-0.15, -0.1) is 0 Å². The van der Waals surface area contributed by atoms with Crippen molar-refractivity contribution in [3.8, 4) is 0 Å². The molecule has 5 heteroatoms. The zero-order chi connectivity index (χ0) is 18.7. The van der Waals surface area contributed by atoms with Crippen molar-refractivity contribution in [1.82, 2.24) is 10.2 Å². The molecular weight excluding hydrogens is 331 g/mol. The van der Waals surface area contributed by atoms with Crippen molar-refractivity contribution in [1.29, 1.82) is 0 Å². The highest BCUT2D eigenvalue weighted by Crippen LogP contribution is 2.33. The first-order valence-electron chi connectivity index (χ1n) is 8.56. The zero-order valence-corrected chi connectivity index (χ0v) is 14.8. The van der Waals surface area contributed by atoms with Crippen molar-refractivity contribution < 1.29 is 14.0 Å². The van der Waals surface area contributed by atoms with Crippen LogP contribution in [0.1, 0.15) is 49.0 Å². The monoisotopic (exact) mass is 352 g/mol. The van der Waals surface area contributed by atoms with E-state index >= 15 is 0 Å². The number of hydrogen-bond acceptors (Lipinski definition) is 2. The number of nitrogens with one attached hydrogen (secondary N) is 1. The number of rotatable bonds is 4. The molecule has 26 heavy (non-hydrogen) atoms. The number of nitrogens with zero attached hydrogens (tertiary/aromatic N) is 1. The Hall–Kier alpha value is -2.95. The van der Waals surface area contributed by atoms with Gasteiger partial charge < -0.3 is 10.2 Å². The van der Waals surface area contributed by atoms with Gasteiger partial charge in [-0.2, -0.15) is 0 Å². The Kier molecular flexibility index (Phi) is 5.16. The fourth-order valence-corrected chi connectivity index (χ4v) is 3.22. The first-order valence-corrected chi connectivity index (χ1v) is 8.56. The topological polar surface area (TPSA) is 49.4 Å². The number of benzene rings is 2. The summed E-state index contributed by atoms with van der Waals surface area (Å²) >= 11 is 0.